The first-order chi connectivity index (χ1) is 8.74. The number of aliphatic carboxylic acids is 1. The number of carbonyl (C=O) groups is 1. The maximum Gasteiger partial charge on any atom is 0.306 e. The third-order valence-electron chi connectivity index (χ3n) is 4.49. The molecule has 96 valence electrons. The van der Waals surface area contributed by atoms with E-state index in [1.807, 2.05) is 6.07 Å². The molecule has 1 aromatic rings. The molecule has 3 nitrogen and oxygen atoms in total. The van der Waals surface area contributed by atoms with Gasteiger partial charge in [-0.1, -0.05) is 30.3 Å². The summed E-state index contributed by atoms with van der Waals surface area (Å²) in [6.07, 6.45) is 2.97. The predicted octanol–water partition coefficient (Wildman–Crippen LogP) is 2.37. The van der Waals surface area contributed by atoms with E-state index < -0.39 is 5.97 Å². The monoisotopic (exact) mass is 245 g/mol. The lowest BCUT2D eigenvalue weighted by Gasteiger charge is -2.26. The van der Waals surface area contributed by atoms with Crippen molar-refractivity contribution in [3.05, 3.63) is 35.9 Å². The van der Waals surface area contributed by atoms with Gasteiger partial charge in [-0.05, 0) is 30.7 Å². The molecule has 18 heavy (non-hydrogen) atoms. The number of fused-ring (bicyclic) bond motifs is 2. The van der Waals surface area contributed by atoms with Crippen molar-refractivity contribution in [2.24, 2.45) is 11.8 Å². The molecule has 1 aliphatic heterocycles. The summed E-state index contributed by atoms with van der Waals surface area (Å²) in [5, 5.41) is 9.22. The predicted molar refractivity (Wildman–Crippen MR) is 69.1 cm³/mol. The molecule has 3 rings (SSSR count). The molecule has 1 aromatic carbocycles. The van der Waals surface area contributed by atoms with Crippen molar-refractivity contribution < 1.29 is 9.90 Å². The van der Waals surface area contributed by atoms with E-state index in [1.165, 1.54) is 5.56 Å². The third kappa shape index (κ3) is 2.15. The summed E-state index contributed by atoms with van der Waals surface area (Å²) in [7, 11) is 0. The Morgan fingerprint density at radius 3 is 2.78 bits per heavy atom. The first-order valence-corrected chi connectivity index (χ1v) is 6.75. The number of nitrogens with zero attached hydrogens (tertiary/aromatic N) is 1. The minimum absolute atomic E-state index is 0.109. The van der Waals surface area contributed by atoms with Crippen LogP contribution >= 0.6 is 0 Å². The van der Waals surface area contributed by atoms with Crippen molar-refractivity contribution in [1.29, 1.82) is 0 Å². The molecule has 1 saturated heterocycles. The fraction of sp³-hybridized carbons (Fsp3) is 0.533. The molecule has 2 aliphatic rings. The molecule has 1 saturated carbocycles. The van der Waals surface area contributed by atoms with Crippen molar-refractivity contribution in [3.63, 3.8) is 0 Å². The van der Waals surface area contributed by atoms with E-state index in [0.717, 1.165) is 32.4 Å². The molecular formula is C15H19NO2. The fourth-order valence-corrected chi connectivity index (χ4v) is 3.56. The maximum atomic E-state index is 11.2. The highest BCUT2D eigenvalue weighted by molar-refractivity contribution is 5.70. The van der Waals surface area contributed by atoms with Gasteiger partial charge in [0.25, 0.3) is 0 Å². The maximum absolute atomic E-state index is 11.2. The van der Waals surface area contributed by atoms with Crippen LogP contribution in [0.15, 0.2) is 30.3 Å². The number of carboxylic acids is 1. The summed E-state index contributed by atoms with van der Waals surface area (Å²) in [5.74, 6) is -0.341. The van der Waals surface area contributed by atoms with Gasteiger partial charge in [0.15, 0.2) is 0 Å². The van der Waals surface area contributed by atoms with E-state index in [2.05, 4.69) is 29.2 Å². The van der Waals surface area contributed by atoms with Gasteiger partial charge in [-0.15, -0.1) is 0 Å². The SMILES string of the molecule is O=C(O)C1CCC2CC1CN2Cc1ccccc1. The molecule has 1 aliphatic carbocycles. The van der Waals surface area contributed by atoms with Gasteiger partial charge in [0.2, 0.25) is 0 Å². The Labute approximate surface area is 107 Å². The highest BCUT2D eigenvalue weighted by Crippen LogP contribution is 2.40. The number of hydrogen-bond donors (Lipinski definition) is 1. The summed E-state index contributed by atoms with van der Waals surface area (Å²) in [6.45, 7) is 1.92. The van der Waals surface area contributed by atoms with Crippen LogP contribution in [0.2, 0.25) is 0 Å². The van der Waals surface area contributed by atoms with E-state index in [4.69, 9.17) is 0 Å². The standard InChI is InChI=1S/C15H19NO2/c17-15(18)14-7-6-13-8-12(14)10-16(13)9-11-4-2-1-3-5-11/h1-5,12-14H,6-10H2,(H,17,18). The lowest BCUT2D eigenvalue weighted by molar-refractivity contribution is -0.144. The third-order valence-corrected chi connectivity index (χ3v) is 4.49. The zero-order valence-corrected chi connectivity index (χ0v) is 10.5. The summed E-state index contributed by atoms with van der Waals surface area (Å²) >= 11 is 0. The number of likely N-dealkylation sites (tertiary alicyclic amines) is 1. The van der Waals surface area contributed by atoms with E-state index >= 15 is 0 Å². The second-order valence-electron chi connectivity index (χ2n) is 5.59. The largest absolute Gasteiger partial charge is 0.481 e. The van der Waals surface area contributed by atoms with Crippen molar-refractivity contribution in [1.82, 2.24) is 4.90 Å². The van der Waals surface area contributed by atoms with Crippen LogP contribution in [0.1, 0.15) is 24.8 Å². The zero-order valence-electron chi connectivity index (χ0n) is 10.5. The van der Waals surface area contributed by atoms with Crippen LogP contribution in [-0.4, -0.2) is 28.6 Å². The number of hydrogen-bond acceptors (Lipinski definition) is 2. The minimum Gasteiger partial charge on any atom is -0.481 e. The van der Waals surface area contributed by atoms with Crippen LogP contribution < -0.4 is 0 Å². The van der Waals surface area contributed by atoms with Crippen LogP contribution in [0.25, 0.3) is 0 Å². The molecule has 3 atom stereocenters. The molecule has 3 heteroatoms. The molecule has 0 amide bonds. The normalized spacial score (nSPS) is 31.4. The van der Waals surface area contributed by atoms with Crippen LogP contribution in [-0.2, 0) is 11.3 Å². The average Bonchev–Trinajstić information content (AvgIpc) is 2.67. The van der Waals surface area contributed by atoms with Gasteiger partial charge in [-0.2, -0.15) is 0 Å². The van der Waals surface area contributed by atoms with Gasteiger partial charge < -0.3 is 5.11 Å². The lowest BCUT2D eigenvalue weighted by Crippen LogP contribution is -2.29. The second-order valence-corrected chi connectivity index (χ2v) is 5.59. The molecule has 2 bridgehead atoms. The van der Waals surface area contributed by atoms with Crippen molar-refractivity contribution in [2.75, 3.05) is 6.54 Å². The highest BCUT2D eigenvalue weighted by atomic mass is 16.4. The first-order valence-electron chi connectivity index (χ1n) is 6.75. The minimum atomic E-state index is -0.597. The second kappa shape index (κ2) is 4.73. The van der Waals surface area contributed by atoms with E-state index in [9.17, 15) is 9.90 Å². The summed E-state index contributed by atoms with van der Waals surface area (Å²) in [6, 6.07) is 11.1. The van der Waals surface area contributed by atoms with Gasteiger partial charge in [-0.25, -0.2) is 0 Å². The van der Waals surface area contributed by atoms with Crippen molar-refractivity contribution in [2.45, 2.75) is 31.8 Å². The smallest absolute Gasteiger partial charge is 0.306 e. The summed E-state index contributed by atoms with van der Waals surface area (Å²) < 4.78 is 0. The molecule has 0 radical (unpaired) electrons. The number of carboxylic acid groups (broad SMARTS) is 1. The van der Waals surface area contributed by atoms with E-state index in [1.54, 1.807) is 0 Å². The Morgan fingerprint density at radius 1 is 1.28 bits per heavy atom. The fourth-order valence-electron chi connectivity index (χ4n) is 3.56. The van der Waals surface area contributed by atoms with Crippen molar-refractivity contribution in [3.8, 4) is 0 Å². The highest BCUT2D eigenvalue weighted by Gasteiger charge is 2.43. The molecule has 2 fully saturated rings. The Morgan fingerprint density at radius 2 is 2.06 bits per heavy atom. The van der Waals surface area contributed by atoms with Crippen LogP contribution in [0.5, 0.6) is 0 Å². The summed E-state index contributed by atoms with van der Waals surface area (Å²) in [4.78, 5) is 13.7. The van der Waals surface area contributed by atoms with Gasteiger partial charge in [0, 0.05) is 19.1 Å². The Hall–Kier alpha value is -1.35. The lowest BCUT2D eigenvalue weighted by atomic mass is 9.80. The zero-order chi connectivity index (χ0) is 12.5. The molecule has 1 N–H and O–H groups in total. The van der Waals surface area contributed by atoms with E-state index in [-0.39, 0.29) is 5.92 Å². The number of benzene rings is 1. The van der Waals surface area contributed by atoms with Gasteiger partial charge in [0.05, 0.1) is 5.92 Å². The molecule has 0 aromatic heterocycles. The topological polar surface area (TPSA) is 40.5 Å². The van der Waals surface area contributed by atoms with Crippen molar-refractivity contribution >= 4 is 5.97 Å². The molecule has 1 heterocycles. The van der Waals surface area contributed by atoms with Gasteiger partial charge in [0.1, 0.15) is 0 Å². The summed E-state index contributed by atoms with van der Waals surface area (Å²) in [5.41, 5.74) is 1.33. The Balaban J connectivity index is 1.68. The van der Waals surface area contributed by atoms with Gasteiger partial charge in [-0.3, -0.25) is 9.69 Å². The van der Waals surface area contributed by atoms with Crippen LogP contribution in [0.3, 0.4) is 0 Å². The van der Waals surface area contributed by atoms with Gasteiger partial charge >= 0.3 is 5.97 Å². The Kier molecular flexibility index (Phi) is 3.08. The van der Waals surface area contributed by atoms with Crippen LogP contribution in [0, 0.1) is 11.8 Å². The molecular weight excluding hydrogens is 226 g/mol. The molecule has 3 unspecified atom stereocenters. The molecule has 0 spiro atoms. The Bertz CT molecular complexity index is 431. The average molecular weight is 245 g/mol. The van der Waals surface area contributed by atoms with Crippen LogP contribution in [0.4, 0.5) is 0 Å². The first kappa shape index (κ1) is 11.7. The number of rotatable bonds is 3. The quantitative estimate of drug-likeness (QED) is 0.888. The van der Waals surface area contributed by atoms with E-state index in [0.29, 0.717) is 12.0 Å².